The van der Waals surface area contributed by atoms with Gasteiger partial charge >= 0.3 is 0 Å². The van der Waals surface area contributed by atoms with Crippen molar-refractivity contribution in [3.8, 4) is 0 Å². The van der Waals surface area contributed by atoms with Gasteiger partial charge in [-0.05, 0) is 24.2 Å². The molecule has 0 saturated heterocycles. The molecule has 0 aromatic heterocycles. The fraction of sp³-hybridized carbons (Fsp3) is 0.417. The SMILES string of the molecule is CSC(=N)c1ccc(CC(C)C)cc1. The predicted octanol–water partition coefficient (Wildman–Crippen LogP) is 3.57. The standard InChI is InChI=1S/C12H17NS/c1-9(2)8-10-4-6-11(7-5-10)12(13)14-3/h4-7,9,13H,8H2,1-3H3. The number of benzene rings is 1. The van der Waals surface area contributed by atoms with Crippen molar-refractivity contribution in [2.45, 2.75) is 20.3 Å². The van der Waals surface area contributed by atoms with E-state index in [2.05, 4.69) is 26.0 Å². The van der Waals surface area contributed by atoms with E-state index < -0.39 is 0 Å². The monoisotopic (exact) mass is 207 g/mol. The van der Waals surface area contributed by atoms with Gasteiger partial charge < -0.3 is 0 Å². The molecule has 0 aliphatic rings. The van der Waals surface area contributed by atoms with E-state index in [1.54, 1.807) is 0 Å². The number of rotatable bonds is 3. The third-order valence-corrected chi connectivity index (χ3v) is 2.71. The summed E-state index contributed by atoms with van der Waals surface area (Å²) in [5.41, 5.74) is 2.38. The van der Waals surface area contributed by atoms with Gasteiger partial charge in [-0.2, -0.15) is 0 Å². The first-order valence-corrected chi connectivity index (χ1v) is 6.07. The maximum absolute atomic E-state index is 7.65. The molecule has 0 aliphatic carbocycles. The van der Waals surface area contributed by atoms with Gasteiger partial charge in [0.2, 0.25) is 0 Å². The molecule has 0 radical (unpaired) electrons. The Labute approximate surface area is 90.4 Å². The quantitative estimate of drug-likeness (QED) is 0.594. The molecule has 0 aliphatic heterocycles. The lowest BCUT2D eigenvalue weighted by molar-refractivity contribution is 0.647. The normalized spacial score (nSPS) is 10.6. The minimum absolute atomic E-state index is 0.640. The number of nitrogens with one attached hydrogen (secondary N) is 1. The average Bonchev–Trinajstić information content (AvgIpc) is 2.17. The van der Waals surface area contributed by atoms with Crippen molar-refractivity contribution in [3.63, 3.8) is 0 Å². The summed E-state index contributed by atoms with van der Waals surface area (Å²) in [6, 6.07) is 8.33. The summed E-state index contributed by atoms with van der Waals surface area (Å²) in [7, 11) is 0. The molecule has 0 fully saturated rings. The Morgan fingerprint density at radius 2 is 1.86 bits per heavy atom. The number of hydrogen-bond acceptors (Lipinski definition) is 2. The molecule has 0 amide bonds. The third kappa shape index (κ3) is 3.18. The Morgan fingerprint density at radius 1 is 1.29 bits per heavy atom. The van der Waals surface area contributed by atoms with Crippen molar-refractivity contribution in [3.05, 3.63) is 35.4 Å². The molecule has 0 unspecified atom stereocenters. The van der Waals surface area contributed by atoms with Crippen LogP contribution < -0.4 is 0 Å². The van der Waals surface area contributed by atoms with Crippen LogP contribution in [0.1, 0.15) is 25.0 Å². The number of thioether (sulfide) groups is 1. The molecule has 0 atom stereocenters. The van der Waals surface area contributed by atoms with E-state index in [1.165, 1.54) is 17.3 Å². The Morgan fingerprint density at radius 3 is 2.29 bits per heavy atom. The summed E-state index contributed by atoms with van der Waals surface area (Å²) in [4.78, 5) is 0. The van der Waals surface area contributed by atoms with Crippen LogP contribution in [0.25, 0.3) is 0 Å². The van der Waals surface area contributed by atoms with Crippen LogP contribution in [-0.2, 0) is 6.42 Å². The fourth-order valence-electron chi connectivity index (χ4n) is 1.38. The molecule has 1 rings (SSSR count). The highest BCUT2D eigenvalue weighted by molar-refractivity contribution is 8.13. The van der Waals surface area contributed by atoms with Gasteiger partial charge in [0.05, 0.1) is 5.04 Å². The van der Waals surface area contributed by atoms with E-state index in [-0.39, 0.29) is 0 Å². The van der Waals surface area contributed by atoms with Crippen LogP contribution >= 0.6 is 11.8 Å². The molecule has 2 heteroatoms. The Kier molecular flexibility index (Phi) is 4.21. The van der Waals surface area contributed by atoms with E-state index >= 15 is 0 Å². The van der Waals surface area contributed by atoms with Gasteiger partial charge in [-0.1, -0.05) is 38.1 Å². The van der Waals surface area contributed by atoms with Crippen LogP contribution in [0.5, 0.6) is 0 Å². The highest BCUT2D eigenvalue weighted by Gasteiger charge is 2.00. The van der Waals surface area contributed by atoms with Crippen molar-refractivity contribution < 1.29 is 0 Å². The summed E-state index contributed by atoms with van der Waals surface area (Å²) in [6.07, 6.45) is 3.05. The van der Waals surface area contributed by atoms with Crippen molar-refractivity contribution >= 4 is 16.8 Å². The topological polar surface area (TPSA) is 23.9 Å². The van der Waals surface area contributed by atoms with Crippen LogP contribution in [0.2, 0.25) is 0 Å². The van der Waals surface area contributed by atoms with E-state index in [1.807, 2.05) is 18.4 Å². The van der Waals surface area contributed by atoms with E-state index in [0.717, 1.165) is 12.0 Å². The van der Waals surface area contributed by atoms with Gasteiger partial charge in [0.15, 0.2) is 0 Å². The van der Waals surface area contributed by atoms with Gasteiger partial charge in [-0.25, -0.2) is 0 Å². The predicted molar refractivity (Wildman–Crippen MR) is 65.3 cm³/mol. The lowest BCUT2D eigenvalue weighted by Crippen LogP contribution is -1.96. The molecule has 1 nitrogen and oxygen atoms in total. The second kappa shape index (κ2) is 5.20. The van der Waals surface area contributed by atoms with E-state index in [9.17, 15) is 0 Å². The zero-order valence-corrected chi connectivity index (χ0v) is 9.82. The summed E-state index contributed by atoms with van der Waals surface area (Å²) in [5, 5.41) is 8.29. The Balaban J connectivity index is 2.73. The largest absolute Gasteiger partial charge is 0.293 e. The highest BCUT2D eigenvalue weighted by Crippen LogP contribution is 2.13. The van der Waals surface area contributed by atoms with Crippen LogP contribution in [0, 0.1) is 11.3 Å². The Hall–Kier alpha value is -0.760. The zero-order chi connectivity index (χ0) is 10.6. The summed E-state index contributed by atoms with van der Waals surface area (Å²) < 4.78 is 0. The summed E-state index contributed by atoms with van der Waals surface area (Å²) >= 11 is 1.48. The van der Waals surface area contributed by atoms with E-state index in [0.29, 0.717) is 11.0 Å². The molecule has 0 heterocycles. The average molecular weight is 207 g/mol. The van der Waals surface area contributed by atoms with Gasteiger partial charge in [-0.15, -0.1) is 11.8 Å². The molecular formula is C12H17NS. The molecule has 1 N–H and O–H groups in total. The van der Waals surface area contributed by atoms with Crippen molar-refractivity contribution in [2.75, 3.05) is 6.26 Å². The fourth-order valence-corrected chi connectivity index (χ4v) is 1.75. The maximum atomic E-state index is 7.65. The maximum Gasteiger partial charge on any atom is 0.0939 e. The summed E-state index contributed by atoms with van der Waals surface area (Å²) in [5.74, 6) is 0.695. The minimum Gasteiger partial charge on any atom is -0.293 e. The van der Waals surface area contributed by atoms with Crippen LogP contribution in [-0.4, -0.2) is 11.3 Å². The summed E-state index contributed by atoms with van der Waals surface area (Å²) in [6.45, 7) is 4.44. The second-order valence-corrected chi connectivity index (χ2v) is 4.64. The first-order chi connectivity index (χ1) is 6.63. The zero-order valence-electron chi connectivity index (χ0n) is 9.00. The molecular weight excluding hydrogens is 190 g/mol. The molecule has 1 aromatic rings. The molecule has 0 spiro atoms. The van der Waals surface area contributed by atoms with E-state index in [4.69, 9.17) is 5.41 Å². The van der Waals surface area contributed by atoms with Crippen LogP contribution in [0.15, 0.2) is 24.3 Å². The smallest absolute Gasteiger partial charge is 0.0939 e. The first-order valence-electron chi connectivity index (χ1n) is 4.85. The van der Waals surface area contributed by atoms with Crippen molar-refractivity contribution in [1.82, 2.24) is 0 Å². The third-order valence-electron chi connectivity index (χ3n) is 2.06. The van der Waals surface area contributed by atoms with Crippen LogP contribution in [0.4, 0.5) is 0 Å². The lowest BCUT2D eigenvalue weighted by Gasteiger charge is -2.06. The van der Waals surface area contributed by atoms with Crippen molar-refractivity contribution in [1.29, 1.82) is 5.41 Å². The highest BCUT2D eigenvalue weighted by atomic mass is 32.2. The number of hydrogen-bond donors (Lipinski definition) is 1. The lowest BCUT2D eigenvalue weighted by atomic mass is 10.0. The van der Waals surface area contributed by atoms with Gasteiger partial charge in [0, 0.05) is 5.56 Å². The second-order valence-electron chi connectivity index (χ2n) is 3.83. The molecule has 1 aromatic carbocycles. The van der Waals surface area contributed by atoms with Gasteiger partial charge in [-0.3, -0.25) is 5.41 Å². The molecule has 0 saturated carbocycles. The van der Waals surface area contributed by atoms with Crippen LogP contribution in [0.3, 0.4) is 0 Å². The molecule has 14 heavy (non-hydrogen) atoms. The molecule has 76 valence electrons. The van der Waals surface area contributed by atoms with Crippen molar-refractivity contribution in [2.24, 2.45) is 5.92 Å². The minimum atomic E-state index is 0.640. The first kappa shape index (κ1) is 11.3. The molecule has 0 bridgehead atoms. The Bertz CT molecular complexity index is 301. The van der Waals surface area contributed by atoms with Gasteiger partial charge in [0.25, 0.3) is 0 Å². The van der Waals surface area contributed by atoms with Gasteiger partial charge in [0.1, 0.15) is 0 Å².